The molecule has 148 valence electrons. The Hall–Kier alpha value is -3.22. The normalized spacial score (nSPS) is 13.4. The predicted octanol–water partition coefficient (Wildman–Crippen LogP) is 3.02. The highest BCUT2D eigenvalue weighted by molar-refractivity contribution is 5.95. The smallest absolute Gasteiger partial charge is 0.344 e. The number of hydrogen-bond acceptors (Lipinski definition) is 6. The van der Waals surface area contributed by atoms with E-state index in [4.69, 9.17) is 18.9 Å². The fourth-order valence-electron chi connectivity index (χ4n) is 2.81. The van der Waals surface area contributed by atoms with Gasteiger partial charge < -0.3 is 24.3 Å². The van der Waals surface area contributed by atoms with E-state index in [0.29, 0.717) is 36.1 Å². The van der Waals surface area contributed by atoms with Crippen LogP contribution in [0.1, 0.15) is 18.1 Å². The Morgan fingerprint density at radius 1 is 1.04 bits per heavy atom. The Kier molecular flexibility index (Phi) is 6.03. The molecule has 1 amide bonds. The van der Waals surface area contributed by atoms with Gasteiger partial charge in [0.2, 0.25) is 0 Å². The minimum atomic E-state index is -0.969. The van der Waals surface area contributed by atoms with Gasteiger partial charge in [-0.05, 0) is 56.2 Å². The highest BCUT2D eigenvalue weighted by Crippen LogP contribution is 2.32. The Morgan fingerprint density at radius 3 is 2.43 bits per heavy atom. The number of esters is 1. The van der Waals surface area contributed by atoms with Gasteiger partial charge in [-0.15, -0.1) is 0 Å². The molecule has 2 aromatic rings. The van der Waals surface area contributed by atoms with Crippen LogP contribution in [-0.2, 0) is 14.3 Å². The number of amides is 1. The lowest BCUT2D eigenvalue weighted by molar-refractivity contribution is -0.155. The van der Waals surface area contributed by atoms with Gasteiger partial charge in [0.05, 0.1) is 0 Å². The molecular formula is C21H23NO6. The van der Waals surface area contributed by atoms with Gasteiger partial charge in [-0.1, -0.05) is 6.07 Å². The SMILES string of the molecule is Cc1cc(C)cc(OCC(=O)O[C@H](C)C(=O)Nc2ccc3c(c2)OCCO3)c1. The molecule has 1 aliphatic heterocycles. The second kappa shape index (κ2) is 8.65. The number of anilines is 1. The Labute approximate surface area is 163 Å². The van der Waals surface area contributed by atoms with Crippen LogP contribution in [0.4, 0.5) is 5.69 Å². The third-order valence-corrected chi connectivity index (χ3v) is 4.04. The topological polar surface area (TPSA) is 83.1 Å². The Bertz CT molecular complexity index is 859. The van der Waals surface area contributed by atoms with Crippen molar-refractivity contribution in [1.82, 2.24) is 0 Å². The average Bonchev–Trinajstić information content (AvgIpc) is 2.65. The van der Waals surface area contributed by atoms with Crippen LogP contribution in [0.2, 0.25) is 0 Å². The summed E-state index contributed by atoms with van der Waals surface area (Å²) in [4.78, 5) is 24.3. The lowest BCUT2D eigenvalue weighted by atomic mass is 10.1. The molecular weight excluding hydrogens is 362 g/mol. The summed E-state index contributed by atoms with van der Waals surface area (Å²) in [6, 6.07) is 10.8. The van der Waals surface area contributed by atoms with Crippen molar-refractivity contribution < 1.29 is 28.5 Å². The largest absolute Gasteiger partial charge is 0.486 e. The first-order chi connectivity index (χ1) is 13.4. The quantitative estimate of drug-likeness (QED) is 0.770. The van der Waals surface area contributed by atoms with Crippen molar-refractivity contribution in [3.05, 3.63) is 47.5 Å². The first-order valence-electron chi connectivity index (χ1n) is 9.02. The highest BCUT2D eigenvalue weighted by atomic mass is 16.6. The zero-order valence-electron chi connectivity index (χ0n) is 16.1. The molecule has 0 saturated heterocycles. The lowest BCUT2D eigenvalue weighted by Crippen LogP contribution is -2.31. The fourth-order valence-corrected chi connectivity index (χ4v) is 2.81. The van der Waals surface area contributed by atoms with E-state index in [2.05, 4.69) is 5.32 Å². The van der Waals surface area contributed by atoms with E-state index in [-0.39, 0.29) is 6.61 Å². The van der Waals surface area contributed by atoms with Gasteiger partial charge in [-0.2, -0.15) is 0 Å². The molecule has 0 saturated carbocycles. The average molecular weight is 385 g/mol. The van der Waals surface area contributed by atoms with Crippen LogP contribution < -0.4 is 19.5 Å². The summed E-state index contributed by atoms with van der Waals surface area (Å²) in [5.41, 5.74) is 2.61. The minimum absolute atomic E-state index is 0.273. The molecule has 0 bridgehead atoms. The summed E-state index contributed by atoms with van der Waals surface area (Å²) >= 11 is 0. The van der Waals surface area contributed by atoms with E-state index in [1.54, 1.807) is 18.2 Å². The van der Waals surface area contributed by atoms with Crippen LogP contribution >= 0.6 is 0 Å². The molecule has 1 aliphatic rings. The number of fused-ring (bicyclic) bond motifs is 1. The Balaban J connectivity index is 1.50. The van der Waals surface area contributed by atoms with Crippen molar-refractivity contribution in [3.63, 3.8) is 0 Å². The number of nitrogens with one attached hydrogen (secondary N) is 1. The van der Waals surface area contributed by atoms with Crippen LogP contribution in [0.15, 0.2) is 36.4 Å². The number of carbonyl (C=O) groups excluding carboxylic acids is 2. The van der Waals surface area contributed by atoms with Crippen LogP contribution in [0.5, 0.6) is 17.2 Å². The standard InChI is InChI=1S/C21H23NO6/c1-13-8-14(2)10-17(9-13)27-12-20(23)28-15(3)21(24)22-16-4-5-18-19(11-16)26-7-6-25-18/h4-5,8-11,15H,6-7,12H2,1-3H3,(H,22,24)/t15-/m1/s1. The van der Waals surface area contributed by atoms with E-state index >= 15 is 0 Å². The summed E-state index contributed by atoms with van der Waals surface area (Å²) in [5, 5.41) is 2.69. The molecule has 0 radical (unpaired) electrons. The van der Waals surface area contributed by atoms with Gasteiger partial charge in [0.1, 0.15) is 19.0 Å². The molecule has 0 aliphatic carbocycles. The van der Waals surface area contributed by atoms with Crippen molar-refractivity contribution in [1.29, 1.82) is 0 Å². The number of ether oxygens (including phenoxy) is 4. The number of rotatable bonds is 6. The molecule has 28 heavy (non-hydrogen) atoms. The first-order valence-corrected chi connectivity index (χ1v) is 9.02. The second-order valence-corrected chi connectivity index (χ2v) is 6.59. The molecule has 0 spiro atoms. The van der Waals surface area contributed by atoms with Crippen LogP contribution in [0, 0.1) is 13.8 Å². The molecule has 1 atom stereocenters. The molecule has 3 rings (SSSR count). The number of hydrogen-bond donors (Lipinski definition) is 1. The second-order valence-electron chi connectivity index (χ2n) is 6.59. The maximum Gasteiger partial charge on any atom is 0.344 e. The van der Waals surface area contributed by atoms with Gasteiger partial charge in [0.25, 0.3) is 5.91 Å². The number of aryl methyl sites for hydroxylation is 2. The molecule has 1 heterocycles. The van der Waals surface area contributed by atoms with Crippen LogP contribution in [-0.4, -0.2) is 37.8 Å². The van der Waals surface area contributed by atoms with E-state index in [1.807, 2.05) is 32.0 Å². The number of benzene rings is 2. The zero-order chi connectivity index (χ0) is 20.1. The maximum absolute atomic E-state index is 12.3. The number of carbonyl (C=O) groups is 2. The van der Waals surface area contributed by atoms with Crippen molar-refractivity contribution in [3.8, 4) is 17.2 Å². The third kappa shape index (κ3) is 5.16. The summed E-state index contributed by atoms with van der Waals surface area (Å²) in [5.74, 6) is 0.714. The molecule has 1 N–H and O–H groups in total. The van der Waals surface area contributed by atoms with Crippen LogP contribution in [0.25, 0.3) is 0 Å². The lowest BCUT2D eigenvalue weighted by Gasteiger charge is -2.19. The van der Waals surface area contributed by atoms with E-state index < -0.39 is 18.0 Å². The summed E-state index contributed by atoms with van der Waals surface area (Å²) in [6.45, 7) is 6.08. The van der Waals surface area contributed by atoms with Crippen molar-refractivity contribution >= 4 is 17.6 Å². The van der Waals surface area contributed by atoms with Crippen molar-refractivity contribution in [2.45, 2.75) is 26.9 Å². The van der Waals surface area contributed by atoms with Gasteiger partial charge in [-0.3, -0.25) is 4.79 Å². The third-order valence-electron chi connectivity index (χ3n) is 4.04. The minimum Gasteiger partial charge on any atom is -0.486 e. The maximum atomic E-state index is 12.3. The van der Waals surface area contributed by atoms with Crippen molar-refractivity contribution in [2.24, 2.45) is 0 Å². The fraction of sp³-hybridized carbons (Fsp3) is 0.333. The molecule has 2 aromatic carbocycles. The molecule has 0 fully saturated rings. The van der Waals surface area contributed by atoms with Crippen LogP contribution in [0.3, 0.4) is 0 Å². The Morgan fingerprint density at radius 2 is 1.71 bits per heavy atom. The summed E-state index contributed by atoms with van der Waals surface area (Å²) in [6.07, 6.45) is -0.969. The highest BCUT2D eigenvalue weighted by Gasteiger charge is 2.19. The first kappa shape index (κ1) is 19.5. The summed E-state index contributed by atoms with van der Waals surface area (Å²) < 4.78 is 21.5. The summed E-state index contributed by atoms with van der Waals surface area (Å²) in [7, 11) is 0. The molecule has 0 aromatic heterocycles. The van der Waals surface area contributed by atoms with Gasteiger partial charge in [0, 0.05) is 11.8 Å². The van der Waals surface area contributed by atoms with E-state index in [0.717, 1.165) is 11.1 Å². The van der Waals surface area contributed by atoms with Crippen molar-refractivity contribution in [2.75, 3.05) is 25.1 Å². The molecule has 7 heteroatoms. The van der Waals surface area contributed by atoms with Gasteiger partial charge in [-0.25, -0.2) is 4.79 Å². The van der Waals surface area contributed by atoms with E-state index in [1.165, 1.54) is 6.92 Å². The van der Waals surface area contributed by atoms with Gasteiger partial charge >= 0.3 is 5.97 Å². The van der Waals surface area contributed by atoms with E-state index in [9.17, 15) is 9.59 Å². The predicted molar refractivity (Wildman–Crippen MR) is 103 cm³/mol. The molecule has 7 nitrogen and oxygen atoms in total. The monoisotopic (exact) mass is 385 g/mol. The molecule has 0 unspecified atom stereocenters. The zero-order valence-corrected chi connectivity index (χ0v) is 16.1. The van der Waals surface area contributed by atoms with Gasteiger partial charge in [0.15, 0.2) is 24.2 Å².